The lowest BCUT2D eigenvalue weighted by Gasteiger charge is -2.04. The fourth-order valence-corrected chi connectivity index (χ4v) is 1.51. The van der Waals surface area contributed by atoms with Gasteiger partial charge in [0.25, 0.3) is 0 Å². The van der Waals surface area contributed by atoms with Crippen molar-refractivity contribution >= 4 is 27.7 Å². The van der Waals surface area contributed by atoms with Crippen LogP contribution in [-0.2, 0) is 20.7 Å². The Bertz CT molecular complexity index is 446. The molecule has 1 aromatic carbocycles. The number of ether oxygens (including phenoxy) is 1. The highest BCUT2D eigenvalue weighted by molar-refractivity contribution is 9.10. The monoisotopic (exact) mass is 292 g/mol. The van der Waals surface area contributed by atoms with Crippen molar-refractivity contribution < 1.29 is 23.1 Å². The van der Waals surface area contributed by atoms with E-state index in [1.165, 1.54) is 0 Å². The second-order valence-electron chi connectivity index (χ2n) is 2.95. The maximum atomic E-state index is 12.9. The summed E-state index contributed by atoms with van der Waals surface area (Å²) >= 11 is 2.97. The van der Waals surface area contributed by atoms with Gasteiger partial charge < -0.3 is 4.74 Å². The summed E-state index contributed by atoms with van der Waals surface area (Å²) in [6.45, 7) is 0. The molecular formula is C10H7BrF2O3. The number of hydrogen-bond donors (Lipinski definition) is 0. The van der Waals surface area contributed by atoms with Crippen molar-refractivity contribution in [1.82, 2.24) is 0 Å². The molecule has 0 aliphatic rings. The molecule has 0 atom stereocenters. The molecule has 0 radical (unpaired) electrons. The Kier molecular flexibility index (Phi) is 4.12. The number of rotatable bonds is 3. The number of ketones is 1. The SMILES string of the molecule is COC(=O)C(=O)Cc1cc(F)c(F)cc1Br. The summed E-state index contributed by atoms with van der Waals surface area (Å²) in [6.07, 6.45) is -0.343. The Labute approximate surface area is 98.5 Å². The van der Waals surface area contributed by atoms with Crippen molar-refractivity contribution in [1.29, 1.82) is 0 Å². The van der Waals surface area contributed by atoms with Gasteiger partial charge in [0.1, 0.15) is 0 Å². The van der Waals surface area contributed by atoms with Crippen LogP contribution < -0.4 is 0 Å². The molecule has 0 aromatic heterocycles. The van der Waals surface area contributed by atoms with Crippen LogP contribution in [0.4, 0.5) is 8.78 Å². The Morgan fingerprint density at radius 2 is 1.88 bits per heavy atom. The molecule has 0 saturated carbocycles. The van der Waals surface area contributed by atoms with Crippen LogP contribution >= 0.6 is 15.9 Å². The quantitative estimate of drug-likeness (QED) is 0.486. The first-order valence-electron chi connectivity index (χ1n) is 4.20. The highest BCUT2D eigenvalue weighted by Gasteiger charge is 2.17. The van der Waals surface area contributed by atoms with Gasteiger partial charge in [0, 0.05) is 10.9 Å². The molecule has 86 valence electrons. The van der Waals surface area contributed by atoms with Crippen LogP contribution in [0, 0.1) is 11.6 Å². The highest BCUT2D eigenvalue weighted by Crippen LogP contribution is 2.21. The van der Waals surface area contributed by atoms with Gasteiger partial charge in [0.05, 0.1) is 7.11 Å². The molecule has 0 aliphatic carbocycles. The maximum absolute atomic E-state index is 12.9. The standard InChI is InChI=1S/C10H7BrF2O3/c1-16-10(15)9(14)3-5-2-7(12)8(13)4-6(5)11/h2,4H,3H2,1H3. The van der Waals surface area contributed by atoms with Gasteiger partial charge >= 0.3 is 5.97 Å². The molecular weight excluding hydrogens is 286 g/mol. The summed E-state index contributed by atoms with van der Waals surface area (Å²) in [6, 6.07) is 1.76. The topological polar surface area (TPSA) is 43.4 Å². The van der Waals surface area contributed by atoms with Crippen LogP contribution in [0.25, 0.3) is 0 Å². The van der Waals surface area contributed by atoms with E-state index in [1.54, 1.807) is 0 Å². The number of Topliss-reactive ketones (excluding diaryl/α,β-unsaturated/α-hetero) is 1. The molecule has 0 heterocycles. The lowest BCUT2D eigenvalue weighted by atomic mass is 10.1. The van der Waals surface area contributed by atoms with Crippen molar-refractivity contribution in [3.63, 3.8) is 0 Å². The first kappa shape index (κ1) is 12.8. The van der Waals surface area contributed by atoms with Crippen LogP contribution in [0.1, 0.15) is 5.56 Å². The third-order valence-electron chi connectivity index (χ3n) is 1.85. The number of esters is 1. The number of carbonyl (C=O) groups is 2. The average molecular weight is 293 g/mol. The molecule has 0 fully saturated rings. The minimum Gasteiger partial charge on any atom is -0.463 e. The zero-order valence-corrected chi connectivity index (χ0v) is 9.81. The normalized spacial score (nSPS) is 10.0. The fraction of sp³-hybridized carbons (Fsp3) is 0.200. The molecule has 1 aromatic rings. The number of benzene rings is 1. The predicted molar refractivity (Wildman–Crippen MR) is 54.8 cm³/mol. The van der Waals surface area contributed by atoms with Crippen LogP contribution in [0.3, 0.4) is 0 Å². The minimum absolute atomic E-state index is 0.189. The molecule has 0 saturated heterocycles. The van der Waals surface area contributed by atoms with Crippen molar-refractivity contribution in [3.8, 4) is 0 Å². The van der Waals surface area contributed by atoms with E-state index in [0.29, 0.717) is 0 Å². The highest BCUT2D eigenvalue weighted by atomic mass is 79.9. The van der Waals surface area contributed by atoms with E-state index in [4.69, 9.17) is 0 Å². The summed E-state index contributed by atoms with van der Waals surface area (Å²) in [5.41, 5.74) is 0.189. The third kappa shape index (κ3) is 2.85. The van der Waals surface area contributed by atoms with Gasteiger partial charge in [-0.1, -0.05) is 15.9 Å². The fourth-order valence-electron chi connectivity index (χ4n) is 1.06. The van der Waals surface area contributed by atoms with Crippen molar-refractivity contribution in [2.45, 2.75) is 6.42 Å². The molecule has 0 spiro atoms. The Morgan fingerprint density at radius 3 is 2.44 bits per heavy atom. The second-order valence-corrected chi connectivity index (χ2v) is 3.80. The van der Waals surface area contributed by atoms with Crippen molar-refractivity contribution in [2.24, 2.45) is 0 Å². The first-order valence-corrected chi connectivity index (χ1v) is 4.99. The zero-order chi connectivity index (χ0) is 12.3. The maximum Gasteiger partial charge on any atom is 0.374 e. The summed E-state index contributed by atoms with van der Waals surface area (Å²) in [5, 5.41) is 0. The molecule has 0 unspecified atom stereocenters. The second kappa shape index (κ2) is 5.16. The van der Waals surface area contributed by atoms with Gasteiger partial charge in [0.2, 0.25) is 5.78 Å². The number of carbonyl (C=O) groups excluding carboxylic acids is 2. The number of halogens is 3. The van der Waals surface area contributed by atoms with Gasteiger partial charge in [-0.15, -0.1) is 0 Å². The predicted octanol–water partition coefficient (Wildman–Crippen LogP) is 2.01. The van der Waals surface area contributed by atoms with Crippen molar-refractivity contribution in [3.05, 3.63) is 33.8 Å². The molecule has 0 N–H and O–H groups in total. The van der Waals surface area contributed by atoms with E-state index in [9.17, 15) is 18.4 Å². The molecule has 16 heavy (non-hydrogen) atoms. The summed E-state index contributed by atoms with van der Waals surface area (Å²) in [5.74, 6) is -3.94. The van der Waals surface area contributed by atoms with Crippen LogP contribution in [0.15, 0.2) is 16.6 Å². The van der Waals surface area contributed by atoms with Gasteiger partial charge in [-0.3, -0.25) is 4.79 Å². The van der Waals surface area contributed by atoms with E-state index in [1.807, 2.05) is 0 Å². The Morgan fingerprint density at radius 1 is 1.31 bits per heavy atom. The average Bonchev–Trinajstić information content (AvgIpc) is 2.24. The lowest BCUT2D eigenvalue weighted by Crippen LogP contribution is -2.18. The van der Waals surface area contributed by atoms with E-state index in [2.05, 4.69) is 20.7 Å². The van der Waals surface area contributed by atoms with Gasteiger partial charge in [-0.05, 0) is 17.7 Å². The first-order chi connectivity index (χ1) is 7.45. The van der Waals surface area contributed by atoms with Gasteiger partial charge in [0.15, 0.2) is 11.6 Å². The summed E-state index contributed by atoms with van der Waals surface area (Å²) < 4.78 is 30.0. The lowest BCUT2D eigenvalue weighted by molar-refractivity contribution is -0.151. The molecule has 0 aliphatic heterocycles. The minimum atomic E-state index is -1.07. The molecule has 0 amide bonds. The molecule has 6 heteroatoms. The number of hydrogen-bond acceptors (Lipinski definition) is 3. The smallest absolute Gasteiger partial charge is 0.374 e. The van der Waals surface area contributed by atoms with E-state index in [0.717, 1.165) is 19.2 Å². The van der Waals surface area contributed by atoms with Crippen LogP contribution in [0.5, 0.6) is 0 Å². The zero-order valence-electron chi connectivity index (χ0n) is 8.22. The van der Waals surface area contributed by atoms with E-state index < -0.39 is 23.4 Å². The largest absolute Gasteiger partial charge is 0.463 e. The van der Waals surface area contributed by atoms with Gasteiger partial charge in [-0.2, -0.15) is 0 Å². The third-order valence-corrected chi connectivity index (χ3v) is 2.59. The molecule has 0 bridgehead atoms. The van der Waals surface area contributed by atoms with Crippen LogP contribution in [0.2, 0.25) is 0 Å². The molecule has 1 rings (SSSR count). The Hall–Kier alpha value is -1.30. The number of methoxy groups -OCH3 is 1. The van der Waals surface area contributed by atoms with E-state index >= 15 is 0 Å². The van der Waals surface area contributed by atoms with Gasteiger partial charge in [-0.25, -0.2) is 13.6 Å². The molecule has 3 nitrogen and oxygen atoms in total. The Balaban J connectivity index is 2.94. The van der Waals surface area contributed by atoms with Crippen molar-refractivity contribution in [2.75, 3.05) is 7.11 Å². The van der Waals surface area contributed by atoms with E-state index in [-0.39, 0.29) is 16.5 Å². The summed E-state index contributed by atoms with van der Waals surface area (Å²) in [4.78, 5) is 22.0. The summed E-state index contributed by atoms with van der Waals surface area (Å²) in [7, 11) is 1.07. The van der Waals surface area contributed by atoms with Crippen LogP contribution in [-0.4, -0.2) is 18.9 Å².